The maximum atomic E-state index is 12.1. The first-order valence-electron chi connectivity index (χ1n) is 8.13. The van der Waals surface area contributed by atoms with Crippen LogP contribution in [0, 0.1) is 0 Å². The summed E-state index contributed by atoms with van der Waals surface area (Å²) in [6.45, 7) is 4.63. The van der Waals surface area contributed by atoms with Gasteiger partial charge < -0.3 is 20.1 Å². The normalized spacial score (nSPS) is 14.3. The Balaban J connectivity index is 1.61. The van der Waals surface area contributed by atoms with Crippen molar-refractivity contribution in [3.8, 4) is 0 Å². The van der Waals surface area contributed by atoms with E-state index in [1.807, 2.05) is 29.2 Å². The van der Waals surface area contributed by atoms with E-state index in [0.717, 1.165) is 31.9 Å². The van der Waals surface area contributed by atoms with Crippen molar-refractivity contribution in [1.29, 1.82) is 0 Å². The minimum atomic E-state index is -0.279. The molecule has 0 saturated carbocycles. The van der Waals surface area contributed by atoms with Gasteiger partial charge in [0.25, 0.3) is 5.91 Å². The number of aromatic nitrogens is 1. The van der Waals surface area contributed by atoms with Crippen molar-refractivity contribution in [3.05, 3.63) is 58.5 Å². The Morgan fingerprint density at radius 3 is 2.24 bits per heavy atom. The van der Waals surface area contributed by atoms with Crippen LogP contribution in [0.25, 0.3) is 0 Å². The molecule has 1 aliphatic heterocycles. The maximum absolute atomic E-state index is 12.1. The Hall–Kier alpha value is -3.09. The predicted molar refractivity (Wildman–Crippen MR) is 95.9 cm³/mol. The molecule has 1 aliphatic rings. The zero-order valence-electron chi connectivity index (χ0n) is 14.0. The molecule has 0 unspecified atom stereocenters. The molecule has 130 valence electrons. The quantitative estimate of drug-likeness (QED) is 0.882. The summed E-state index contributed by atoms with van der Waals surface area (Å²) < 4.78 is 0. The van der Waals surface area contributed by atoms with E-state index in [9.17, 15) is 14.4 Å². The predicted octanol–water partition coefficient (Wildman–Crippen LogP) is 1.30. The molecule has 0 radical (unpaired) electrons. The zero-order chi connectivity index (χ0) is 17.8. The van der Waals surface area contributed by atoms with Gasteiger partial charge in [-0.25, -0.2) is 0 Å². The van der Waals surface area contributed by atoms with Gasteiger partial charge in [0.2, 0.25) is 11.5 Å². The minimum absolute atomic E-state index is 0.111. The second-order valence-electron chi connectivity index (χ2n) is 5.94. The van der Waals surface area contributed by atoms with Crippen LogP contribution in [0.15, 0.2) is 47.4 Å². The SMILES string of the molecule is CC(=O)N1CCN(c2ccc(NC(=O)c3ccc(=O)[nH]c3)cc2)CC1. The van der Waals surface area contributed by atoms with Gasteiger partial charge in [0, 0.05) is 56.7 Å². The Morgan fingerprint density at radius 1 is 1.00 bits per heavy atom. The number of rotatable bonds is 3. The molecule has 2 aromatic rings. The van der Waals surface area contributed by atoms with Gasteiger partial charge in [-0.2, -0.15) is 0 Å². The van der Waals surface area contributed by atoms with Crippen LogP contribution in [0.2, 0.25) is 0 Å². The number of amides is 2. The largest absolute Gasteiger partial charge is 0.368 e. The number of pyridine rings is 1. The molecule has 2 heterocycles. The molecule has 1 aromatic carbocycles. The molecule has 25 heavy (non-hydrogen) atoms. The zero-order valence-corrected chi connectivity index (χ0v) is 14.0. The van der Waals surface area contributed by atoms with Crippen LogP contribution in [-0.4, -0.2) is 47.9 Å². The first-order valence-corrected chi connectivity index (χ1v) is 8.13. The monoisotopic (exact) mass is 340 g/mol. The van der Waals surface area contributed by atoms with Gasteiger partial charge in [-0.3, -0.25) is 14.4 Å². The van der Waals surface area contributed by atoms with Gasteiger partial charge in [0.05, 0.1) is 5.56 Å². The number of nitrogens with one attached hydrogen (secondary N) is 2. The van der Waals surface area contributed by atoms with Crippen molar-refractivity contribution in [2.45, 2.75) is 6.92 Å². The van der Waals surface area contributed by atoms with Gasteiger partial charge in [0.1, 0.15) is 0 Å². The van der Waals surface area contributed by atoms with Crippen molar-refractivity contribution in [2.24, 2.45) is 0 Å². The maximum Gasteiger partial charge on any atom is 0.257 e. The fraction of sp³-hybridized carbons (Fsp3) is 0.278. The Bertz CT molecular complexity index is 800. The molecule has 2 amide bonds. The smallest absolute Gasteiger partial charge is 0.257 e. The number of anilines is 2. The third-order valence-corrected chi connectivity index (χ3v) is 4.26. The summed E-state index contributed by atoms with van der Waals surface area (Å²) in [5, 5.41) is 2.80. The van der Waals surface area contributed by atoms with Crippen molar-refractivity contribution in [3.63, 3.8) is 0 Å². The van der Waals surface area contributed by atoms with Crippen molar-refractivity contribution in [1.82, 2.24) is 9.88 Å². The van der Waals surface area contributed by atoms with Crippen LogP contribution >= 0.6 is 0 Å². The average molecular weight is 340 g/mol. The van der Waals surface area contributed by atoms with Crippen LogP contribution in [0.5, 0.6) is 0 Å². The number of carbonyl (C=O) groups excluding carboxylic acids is 2. The lowest BCUT2D eigenvalue weighted by atomic mass is 10.2. The van der Waals surface area contributed by atoms with Crippen LogP contribution in [0.4, 0.5) is 11.4 Å². The highest BCUT2D eigenvalue weighted by molar-refractivity contribution is 6.04. The van der Waals surface area contributed by atoms with Gasteiger partial charge in [-0.1, -0.05) is 0 Å². The lowest BCUT2D eigenvalue weighted by Gasteiger charge is -2.35. The molecule has 0 atom stereocenters. The fourth-order valence-corrected chi connectivity index (χ4v) is 2.79. The Morgan fingerprint density at radius 2 is 1.68 bits per heavy atom. The van der Waals surface area contributed by atoms with Crippen LogP contribution < -0.4 is 15.8 Å². The number of piperazine rings is 1. The number of hydrogen-bond acceptors (Lipinski definition) is 4. The Labute approximate surface area is 145 Å². The molecule has 1 aromatic heterocycles. The fourth-order valence-electron chi connectivity index (χ4n) is 2.79. The van der Waals surface area contributed by atoms with Crippen LogP contribution in [0.3, 0.4) is 0 Å². The third-order valence-electron chi connectivity index (χ3n) is 4.26. The Kier molecular flexibility index (Phi) is 4.83. The molecule has 1 fully saturated rings. The highest BCUT2D eigenvalue weighted by Crippen LogP contribution is 2.20. The van der Waals surface area contributed by atoms with Crippen molar-refractivity contribution < 1.29 is 9.59 Å². The van der Waals surface area contributed by atoms with E-state index < -0.39 is 0 Å². The van der Waals surface area contributed by atoms with E-state index in [0.29, 0.717) is 11.3 Å². The lowest BCUT2D eigenvalue weighted by molar-refractivity contribution is -0.129. The van der Waals surface area contributed by atoms with Crippen molar-refractivity contribution in [2.75, 3.05) is 36.4 Å². The summed E-state index contributed by atoms with van der Waals surface area (Å²) in [6.07, 6.45) is 1.39. The average Bonchev–Trinajstić information content (AvgIpc) is 2.63. The topological polar surface area (TPSA) is 85.5 Å². The van der Waals surface area contributed by atoms with Crippen molar-refractivity contribution >= 4 is 23.2 Å². The van der Waals surface area contributed by atoms with Crippen LogP contribution in [-0.2, 0) is 4.79 Å². The third kappa shape index (κ3) is 4.06. The molecule has 7 heteroatoms. The van der Waals surface area contributed by atoms with Gasteiger partial charge in [-0.15, -0.1) is 0 Å². The summed E-state index contributed by atoms with van der Waals surface area (Å²) in [5.74, 6) is -0.168. The number of H-pyrrole nitrogens is 1. The van der Waals surface area contributed by atoms with Gasteiger partial charge in [0.15, 0.2) is 0 Å². The van der Waals surface area contributed by atoms with E-state index in [2.05, 4.69) is 15.2 Å². The summed E-state index contributed by atoms with van der Waals surface area (Å²) in [4.78, 5) is 41.1. The highest BCUT2D eigenvalue weighted by Gasteiger charge is 2.18. The lowest BCUT2D eigenvalue weighted by Crippen LogP contribution is -2.48. The van der Waals surface area contributed by atoms with Gasteiger partial charge >= 0.3 is 0 Å². The van der Waals surface area contributed by atoms with E-state index in [-0.39, 0.29) is 17.4 Å². The molecule has 0 aliphatic carbocycles. The van der Waals surface area contributed by atoms with Gasteiger partial charge in [-0.05, 0) is 30.3 Å². The van der Waals surface area contributed by atoms with E-state index in [4.69, 9.17) is 0 Å². The summed E-state index contributed by atoms with van der Waals surface area (Å²) >= 11 is 0. The highest BCUT2D eigenvalue weighted by atomic mass is 16.2. The molecule has 7 nitrogen and oxygen atoms in total. The number of aromatic amines is 1. The molecule has 3 rings (SSSR count). The molecule has 0 bridgehead atoms. The first kappa shape index (κ1) is 16.8. The van der Waals surface area contributed by atoms with E-state index in [1.165, 1.54) is 18.3 Å². The molecular formula is C18H20N4O3. The second-order valence-corrected chi connectivity index (χ2v) is 5.94. The standard InChI is InChI=1S/C18H20N4O3/c1-13(23)21-8-10-22(11-9-21)16-5-3-15(4-6-16)20-18(25)14-2-7-17(24)19-12-14/h2-7,12H,8-11H2,1H3,(H,19,24)(H,20,25). The number of hydrogen-bond donors (Lipinski definition) is 2. The number of carbonyl (C=O) groups is 2. The second kappa shape index (κ2) is 7.21. The van der Waals surface area contributed by atoms with E-state index in [1.54, 1.807) is 6.92 Å². The molecular weight excluding hydrogens is 320 g/mol. The molecule has 0 spiro atoms. The summed E-state index contributed by atoms with van der Waals surface area (Å²) in [7, 11) is 0. The van der Waals surface area contributed by atoms with Crippen LogP contribution in [0.1, 0.15) is 17.3 Å². The summed E-state index contributed by atoms with van der Waals surface area (Å²) in [5.41, 5.74) is 1.89. The number of benzene rings is 1. The number of nitrogens with zero attached hydrogens (tertiary/aromatic N) is 2. The summed E-state index contributed by atoms with van der Waals surface area (Å²) in [6, 6.07) is 10.4. The van der Waals surface area contributed by atoms with E-state index >= 15 is 0 Å². The first-order chi connectivity index (χ1) is 12.0. The molecule has 2 N–H and O–H groups in total. The molecule has 1 saturated heterocycles. The minimum Gasteiger partial charge on any atom is -0.368 e.